The van der Waals surface area contributed by atoms with E-state index in [1.54, 1.807) is 0 Å². The Hall–Kier alpha value is -1.88. The molecule has 1 aliphatic rings. The summed E-state index contributed by atoms with van der Waals surface area (Å²) < 4.78 is 0. The molecule has 5 nitrogen and oxygen atoms in total. The second-order valence-electron chi connectivity index (χ2n) is 7.69. The maximum Gasteiger partial charge on any atom is 0.242 e. The van der Waals surface area contributed by atoms with Crippen molar-refractivity contribution in [1.29, 1.82) is 0 Å². The van der Waals surface area contributed by atoms with E-state index in [4.69, 9.17) is 0 Å². The Morgan fingerprint density at radius 1 is 1.17 bits per heavy atom. The van der Waals surface area contributed by atoms with Crippen molar-refractivity contribution in [2.45, 2.75) is 53.0 Å². The van der Waals surface area contributed by atoms with Gasteiger partial charge in [0.1, 0.15) is 0 Å². The van der Waals surface area contributed by atoms with E-state index in [-0.39, 0.29) is 23.3 Å². The van der Waals surface area contributed by atoms with Crippen molar-refractivity contribution < 1.29 is 9.59 Å². The van der Waals surface area contributed by atoms with Crippen molar-refractivity contribution in [2.24, 2.45) is 11.3 Å². The lowest BCUT2D eigenvalue weighted by molar-refractivity contribution is -0.121. The highest BCUT2D eigenvalue weighted by Gasteiger charge is 2.36. The zero-order valence-corrected chi connectivity index (χ0v) is 15.1. The second-order valence-corrected chi connectivity index (χ2v) is 7.69. The summed E-state index contributed by atoms with van der Waals surface area (Å²) >= 11 is 0. The molecule has 5 heteroatoms. The van der Waals surface area contributed by atoms with E-state index in [1.165, 1.54) is 0 Å². The molecule has 3 N–H and O–H groups in total. The van der Waals surface area contributed by atoms with Crippen molar-refractivity contribution in [3.05, 3.63) is 24.3 Å². The number of anilines is 2. The maximum atomic E-state index is 12.5. The number of hydrogen-bond acceptors (Lipinski definition) is 3. The molecule has 0 aromatic heterocycles. The Kier molecular flexibility index (Phi) is 5.99. The van der Waals surface area contributed by atoms with Crippen LogP contribution in [0.2, 0.25) is 0 Å². The third kappa shape index (κ3) is 5.06. The quantitative estimate of drug-likeness (QED) is 0.774. The molecule has 24 heavy (non-hydrogen) atoms. The van der Waals surface area contributed by atoms with Gasteiger partial charge in [-0.25, -0.2) is 0 Å². The molecule has 1 unspecified atom stereocenters. The third-order valence-electron chi connectivity index (χ3n) is 4.42. The minimum Gasteiger partial charge on any atom is -0.326 e. The second kappa shape index (κ2) is 7.79. The number of benzene rings is 1. The van der Waals surface area contributed by atoms with Crippen LogP contribution in [-0.2, 0) is 9.59 Å². The predicted molar refractivity (Wildman–Crippen MR) is 98.0 cm³/mol. The van der Waals surface area contributed by atoms with Crippen LogP contribution in [0, 0.1) is 11.3 Å². The summed E-state index contributed by atoms with van der Waals surface area (Å²) in [6.45, 7) is 9.15. The topological polar surface area (TPSA) is 70.2 Å². The van der Waals surface area contributed by atoms with E-state index in [1.807, 2.05) is 38.1 Å². The van der Waals surface area contributed by atoms with Gasteiger partial charge < -0.3 is 16.0 Å². The average Bonchev–Trinajstić information content (AvgIpc) is 2.47. The lowest BCUT2D eigenvalue weighted by atomic mass is 9.77. The summed E-state index contributed by atoms with van der Waals surface area (Å²) in [4.78, 5) is 24.3. The van der Waals surface area contributed by atoms with Gasteiger partial charge in [0.2, 0.25) is 11.8 Å². The molecule has 0 saturated carbocycles. The van der Waals surface area contributed by atoms with Crippen LogP contribution in [-0.4, -0.2) is 24.4 Å². The van der Waals surface area contributed by atoms with Gasteiger partial charge in [-0.05, 0) is 55.0 Å². The van der Waals surface area contributed by atoms with Gasteiger partial charge in [0.25, 0.3) is 0 Å². The Bertz CT molecular complexity index is 579. The first-order valence-corrected chi connectivity index (χ1v) is 8.72. The van der Waals surface area contributed by atoms with Crippen molar-refractivity contribution in [3.8, 4) is 0 Å². The Balaban J connectivity index is 1.93. The van der Waals surface area contributed by atoms with Crippen LogP contribution in [0.25, 0.3) is 0 Å². The van der Waals surface area contributed by atoms with Crippen molar-refractivity contribution in [3.63, 3.8) is 0 Å². The standard InChI is InChI=1S/C19H29N3O2/c1-13(2)12-16(23)21-14-6-8-15(9-7-14)22-18(24)17-19(3,4)10-5-11-20-17/h6-9,13,17,20H,5,10-12H2,1-4H3,(H,21,23)(H,22,24). The van der Waals surface area contributed by atoms with E-state index in [0.29, 0.717) is 12.3 Å². The van der Waals surface area contributed by atoms with E-state index >= 15 is 0 Å². The largest absolute Gasteiger partial charge is 0.326 e. The van der Waals surface area contributed by atoms with Crippen molar-refractivity contribution >= 4 is 23.2 Å². The van der Waals surface area contributed by atoms with Crippen LogP contribution < -0.4 is 16.0 Å². The Morgan fingerprint density at radius 2 is 1.75 bits per heavy atom. The van der Waals surface area contributed by atoms with Gasteiger partial charge in [0.05, 0.1) is 6.04 Å². The van der Waals surface area contributed by atoms with Gasteiger partial charge in [0.15, 0.2) is 0 Å². The summed E-state index contributed by atoms with van der Waals surface area (Å²) in [5.74, 6) is 0.334. The van der Waals surface area contributed by atoms with Gasteiger partial charge in [-0.2, -0.15) is 0 Å². The van der Waals surface area contributed by atoms with E-state index in [2.05, 4.69) is 29.8 Å². The first kappa shape index (κ1) is 18.5. The average molecular weight is 331 g/mol. The number of rotatable bonds is 5. The van der Waals surface area contributed by atoms with Crippen LogP contribution in [0.15, 0.2) is 24.3 Å². The van der Waals surface area contributed by atoms with Crippen LogP contribution in [0.1, 0.15) is 47.0 Å². The molecule has 0 radical (unpaired) electrons. The maximum absolute atomic E-state index is 12.5. The molecule has 2 rings (SSSR count). The van der Waals surface area contributed by atoms with Gasteiger partial charge in [-0.1, -0.05) is 27.7 Å². The molecule has 0 spiro atoms. The van der Waals surface area contributed by atoms with Crippen LogP contribution >= 0.6 is 0 Å². The number of hydrogen-bond donors (Lipinski definition) is 3. The van der Waals surface area contributed by atoms with E-state index in [9.17, 15) is 9.59 Å². The molecule has 1 atom stereocenters. The molecule has 1 aromatic carbocycles. The van der Waals surface area contributed by atoms with Crippen molar-refractivity contribution in [2.75, 3.05) is 17.2 Å². The lowest BCUT2D eigenvalue weighted by Crippen LogP contribution is -2.53. The number of carbonyl (C=O) groups excluding carboxylic acids is 2. The highest BCUT2D eigenvalue weighted by atomic mass is 16.2. The van der Waals surface area contributed by atoms with Crippen LogP contribution in [0.3, 0.4) is 0 Å². The van der Waals surface area contributed by atoms with Crippen LogP contribution in [0.4, 0.5) is 11.4 Å². The van der Waals surface area contributed by atoms with Gasteiger partial charge in [-0.3, -0.25) is 9.59 Å². The minimum atomic E-state index is -0.184. The van der Waals surface area contributed by atoms with E-state index < -0.39 is 0 Å². The lowest BCUT2D eigenvalue weighted by Gasteiger charge is -2.38. The van der Waals surface area contributed by atoms with Gasteiger partial charge in [0, 0.05) is 17.8 Å². The summed E-state index contributed by atoms with van der Waals surface area (Å²) in [5.41, 5.74) is 1.44. The molecule has 132 valence electrons. The zero-order valence-electron chi connectivity index (χ0n) is 15.1. The normalized spacial score (nSPS) is 19.8. The Labute approximate surface area is 144 Å². The summed E-state index contributed by atoms with van der Waals surface area (Å²) in [6.07, 6.45) is 2.64. The number of nitrogens with one attached hydrogen (secondary N) is 3. The molecule has 0 aliphatic carbocycles. The molecule has 0 bridgehead atoms. The molecule has 1 heterocycles. The molecular formula is C19H29N3O2. The summed E-state index contributed by atoms with van der Waals surface area (Å²) in [7, 11) is 0. The summed E-state index contributed by atoms with van der Waals surface area (Å²) in [6, 6.07) is 7.08. The first-order chi connectivity index (χ1) is 11.3. The van der Waals surface area contributed by atoms with Crippen molar-refractivity contribution in [1.82, 2.24) is 5.32 Å². The Morgan fingerprint density at radius 3 is 2.29 bits per heavy atom. The molecule has 1 saturated heterocycles. The SMILES string of the molecule is CC(C)CC(=O)Nc1ccc(NC(=O)C2NCCCC2(C)C)cc1. The molecular weight excluding hydrogens is 302 g/mol. The fraction of sp³-hybridized carbons (Fsp3) is 0.579. The molecule has 2 amide bonds. The van der Waals surface area contributed by atoms with E-state index in [0.717, 1.165) is 30.8 Å². The number of carbonyl (C=O) groups is 2. The number of piperidine rings is 1. The summed E-state index contributed by atoms with van der Waals surface area (Å²) in [5, 5.41) is 9.15. The van der Waals surface area contributed by atoms with Gasteiger partial charge in [-0.15, -0.1) is 0 Å². The fourth-order valence-corrected chi connectivity index (χ4v) is 3.09. The predicted octanol–water partition coefficient (Wildman–Crippen LogP) is 3.39. The zero-order chi connectivity index (χ0) is 17.7. The first-order valence-electron chi connectivity index (χ1n) is 8.72. The van der Waals surface area contributed by atoms with Crippen LogP contribution in [0.5, 0.6) is 0 Å². The monoisotopic (exact) mass is 331 g/mol. The number of amides is 2. The highest BCUT2D eigenvalue weighted by molar-refractivity contribution is 5.96. The smallest absolute Gasteiger partial charge is 0.242 e. The molecule has 1 aliphatic heterocycles. The van der Waals surface area contributed by atoms with Gasteiger partial charge >= 0.3 is 0 Å². The fourth-order valence-electron chi connectivity index (χ4n) is 3.09. The molecule has 1 aromatic rings. The molecule has 1 fully saturated rings. The minimum absolute atomic E-state index is 0.00343. The highest BCUT2D eigenvalue weighted by Crippen LogP contribution is 2.30. The third-order valence-corrected chi connectivity index (χ3v) is 4.42.